The minimum Gasteiger partial charge on any atom is -0.497 e. The molecule has 1 saturated heterocycles. The average Bonchev–Trinajstić information content (AvgIpc) is 2.82. The van der Waals surface area contributed by atoms with E-state index in [0.29, 0.717) is 18.0 Å². The van der Waals surface area contributed by atoms with Gasteiger partial charge in [-0.1, -0.05) is 12.5 Å². The van der Waals surface area contributed by atoms with Crippen molar-refractivity contribution < 1.29 is 23.7 Å². The molecule has 0 N–H and O–H groups in total. The molecule has 1 aliphatic rings. The van der Waals surface area contributed by atoms with E-state index < -0.39 is 0 Å². The van der Waals surface area contributed by atoms with Crippen LogP contribution >= 0.6 is 0 Å². The minimum atomic E-state index is -0.201. The smallest absolute Gasteiger partial charge is 0.323 e. The van der Waals surface area contributed by atoms with Gasteiger partial charge in [-0.15, -0.1) is 0 Å². The molecule has 1 fully saturated rings. The van der Waals surface area contributed by atoms with Crippen LogP contribution in [0, 0.1) is 0 Å². The molecule has 0 bridgehead atoms. The molecule has 0 amide bonds. The fraction of sp³-hybridized carbons (Fsp3) is 0.400. The van der Waals surface area contributed by atoms with E-state index in [4.69, 9.17) is 18.9 Å². The molecule has 1 heterocycles. The van der Waals surface area contributed by atoms with Crippen LogP contribution in [0.3, 0.4) is 0 Å². The van der Waals surface area contributed by atoms with E-state index in [2.05, 4.69) is 23.1 Å². The Hall–Kier alpha value is -2.99. The van der Waals surface area contributed by atoms with Crippen LogP contribution in [0.4, 0.5) is 0 Å². The zero-order valence-corrected chi connectivity index (χ0v) is 18.6. The SMILES string of the molecule is COC(=O)[C@@H]1CCCCN1Cc1cc2cc(OC)c(OC)cc2c2cc(OC)ccc12. The zero-order valence-electron chi connectivity index (χ0n) is 18.6. The van der Waals surface area contributed by atoms with E-state index in [1.165, 1.54) is 7.11 Å². The van der Waals surface area contributed by atoms with Crippen molar-refractivity contribution in [3.63, 3.8) is 0 Å². The van der Waals surface area contributed by atoms with Crippen molar-refractivity contribution in [2.75, 3.05) is 35.0 Å². The summed E-state index contributed by atoms with van der Waals surface area (Å²) in [7, 11) is 6.42. The number of piperidine rings is 1. The molecule has 6 heteroatoms. The summed E-state index contributed by atoms with van der Waals surface area (Å²) in [6.45, 7) is 1.55. The molecular weight excluding hydrogens is 394 g/mol. The Balaban J connectivity index is 1.88. The molecule has 1 atom stereocenters. The van der Waals surface area contributed by atoms with Crippen molar-refractivity contribution in [2.45, 2.75) is 31.8 Å². The average molecular weight is 424 g/mol. The van der Waals surface area contributed by atoms with Gasteiger partial charge in [0.1, 0.15) is 11.8 Å². The number of carbonyl (C=O) groups is 1. The van der Waals surface area contributed by atoms with Gasteiger partial charge < -0.3 is 18.9 Å². The molecular formula is C25H29NO5. The van der Waals surface area contributed by atoms with Crippen LogP contribution in [0.2, 0.25) is 0 Å². The maximum Gasteiger partial charge on any atom is 0.323 e. The van der Waals surface area contributed by atoms with Crippen molar-refractivity contribution in [1.29, 1.82) is 0 Å². The predicted octanol–water partition coefficient (Wildman–Crippen LogP) is 4.55. The zero-order chi connectivity index (χ0) is 22.0. The Labute approximate surface area is 182 Å². The van der Waals surface area contributed by atoms with Gasteiger partial charge >= 0.3 is 5.97 Å². The van der Waals surface area contributed by atoms with Crippen LogP contribution < -0.4 is 14.2 Å². The Bertz CT molecular complexity index is 1110. The highest BCUT2D eigenvalue weighted by Gasteiger charge is 2.30. The third-order valence-corrected chi connectivity index (χ3v) is 6.21. The molecule has 0 spiro atoms. The topological polar surface area (TPSA) is 57.2 Å². The Morgan fingerprint density at radius 3 is 2.39 bits per heavy atom. The lowest BCUT2D eigenvalue weighted by molar-refractivity contribution is -0.148. The second-order valence-electron chi connectivity index (χ2n) is 7.88. The van der Waals surface area contributed by atoms with Gasteiger partial charge in [-0.25, -0.2) is 0 Å². The summed E-state index contributed by atoms with van der Waals surface area (Å²) in [6.07, 6.45) is 2.96. The molecule has 6 nitrogen and oxygen atoms in total. The second kappa shape index (κ2) is 9.02. The highest BCUT2D eigenvalue weighted by Crippen LogP contribution is 2.39. The predicted molar refractivity (Wildman–Crippen MR) is 121 cm³/mol. The lowest BCUT2D eigenvalue weighted by atomic mass is 9.94. The van der Waals surface area contributed by atoms with Crippen LogP contribution in [0.5, 0.6) is 17.2 Å². The van der Waals surface area contributed by atoms with Crippen LogP contribution in [-0.2, 0) is 16.1 Å². The molecule has 0 unspecified atom stereocenters. The van der Waals surface area contributed by atoms with E-state index in [0.717, 1.165) is 58.7 Å². The number of hydrogen-bond acceptors (Lipinski definition) is 6. The van der Waals surface area contributed by atoms with Crippen molar-refractivity contribution in [3.05, 3.63) is 42.0 Å². The molecule has 0 aromatic heterocycles. The second-order valence-corrected chi connectivity index (χ2v) is 7.88. The van der Waals surface area contributed by atoms with Gasteiger partial charge in [0, 0.05) is 6.54 Å². The van der Waals surface area contributed by atoms with Crippen LogP contribution in [0.15, 0.2) is 36.4 Å². The monoisotopic (exact) mass is 423 g/mol. The maximum absolute atomic E-state index is 12.4. The summed E-state index contributed by atoms with van der Waals surface area (Å²) in [5.41, 5.74) is 1.16. The first-order valence-corrected chi connectivity index (χ1v) is 10.6. The van der Waals surface area contributed by atoms with Crippen LogP contribution in [0.25, 0.3) is 21.5 Å². The fourth-order valence-corrected chi connectivity index (χ4v) is 4.60. The number of benzene rings is 3. The van der Waals surface area contributed by atoms with E-state index in [1.54, 1.807) is 21.3 Å². The summed E-state index contributed by atoms with van der Waals surface area (Å²) >= 11 is 0. The fourth-order valence-electron chi connectivity index (χ4n) is 4.60. The summed E-state index contributed by atoms with van der Waals surface area (Å²) in [6, 6.07) is 12.1. The lowest BCUT2D eigenvalue weighted by Crippen LogP contribution is -2.44. The quantitative estimate of drug-likeness (QED) is 0.428. The van der Waals surface area contributed by atoms with E-state index >= 15 is 0 Å². The molecule has 31 heavy (non-hydrogen) atoms. The van der Waals surface area contributed by atoms with E-state index in [1.807, 2.05) is 18.2 Å². The van der Waals surface area contributed by atoms with Gasteiger partial charge in [0.2, 0.25) is 0 Å². The standard InChI is InChI=1S/C25H29NO5/c1-28-18-8-9-19-17(15-26-10-6-5-7-22(26)25(27)31-4)11-16-12-23(29-2)24(30-3)14-20(16)21(19)13-18/h8-9,11-14,22H,5-7,10,15H2,1-4H3/t22-/m0/s1. The number of rotatable bonds is 6. The van der Waals surface area contributed by atoms with Gasteiger partial charge in [-0.3, -0.25) is 9.69 Å². The minimum absolute atomic E-state index is 0.155. The summed E-state index contributed by atoms with van der Waals surface area (Å²) in [5.74, 6) is 2.02. The molecule has 4 rings (SSSR count). The highest BCUT2D eigenvalue weighted by atomic mass is 16.5. The number of fused-ring (bicyclic) bond motifs is 3. The maximum atomic E-state index is 12.4. The van der Waals surface area contributed by atoms with Gasteiger partial charge in [0.15, 0.2) is 11.5 Å². The van der Waals surface area contributed by atoms with E-state index in [-0.39, 0.29) is 12.0 Å². The normalized spacial score (nSPS) is 17.0. The van der Waals surface area contributed by atoms with E-state index in [9.17, 15) is 4.79 Å². The van der Waals surface area contributed by atoms with Crippen LogP contribution in [0.1, 0.15) is 24.8 Å². The number of carbonyl (C=O) groups excluding carboxylic acids is 1. The van der Waals surface area contributed by atoms with Crippen molar-refractivity contribution in [3.8, 4) is 17.2 Å². The number of hydrogen-bond donors (Lipinski definition) is 0. The molecule has 1 aliphatic heterocycles. The number of esters is 1. The number of nitrogens with zero attached hydrogens (tertiary/aromatic N) is 1. The first-order chi connectivity index (χ1) is 15.1. The number of ether oxygens (including phenoxy) is 4. The van der Waals surface area contributed by atoms with Crippen LogP contribution in [-0.4, -0.2) is 51.9 Å². The third kappa shape index (κ3) is 4.00. The molecule has 0 saturated carbocycles. The Morgan fingerprint density at radius 2 is 1.68 bits per heavy atom. The Kier molecular flexibility index (Phi) is 6.18. The molecule has 0 radical (unpaired) electrons. The van der Waals surface area contributed by atoms with Gasteiger partial charge in [-0.05, 0) is 76.8 Å². The summed E-state index contributed by atoms with van der Waals surface area (Å²) in [5, 5.41) is 4.34. The van der Waals surface area contributed by atoms with Crippen molar-refractivity contribution in [1.82, 2.24) is 4.90 Å². The van der Waals surface area contributed by atoms with Gasteiger partial charge in [0.05, 0.1) is 28.4 Å². The summed E-state index contributed by atoms with van der Waals surface area (Å²) in [4.78, 5) is 14.6. The molecule has 3 aromatic rings. The van der Waals surface area contributed by atoms with Crippen molar-refractivity contribution >= 4 is 27.5 Å². The molecule has 3 aromatic carbocycles. The largest absolute Gasteiger partial charge is 0.497 e. The number of likely N-dealkylation sites (tertiary alicyclic amines) is 1. The first kappa shape index (κ1) is 21.2. The van der Waals surface area contributed by atoms with Gasteiger partial charge in [0.25, 0.3) is 0 Å². The first-order valence-electron chi connectivity index (χ1n) is 10.6. The third-order valence-electron chi connectivity index (χ3n) is 6.21. The van der Waals surface area contributed by atoms with Crippen molar-refractivity contribution in [2.24, 2.45) is 0 Å². The van der Waals surface area contributed by atoms with Gasteiger partial charge in [-0.2, -0.15) is 0 Å². The lowest BCUT2D eigenvalue weighted by Gasteiger charge is -2.34. The number of methoxy groups -OCH3 is 4. The Morgan fingerprint density at radius 1 is 0.903 bits per heavy atom. The highest BCUT2D eigenvalue weighted by molar-refractivity contribution is 6.10. The summed E-state index contributed by atoms with van der Waals surface area (Å²) < 4.78 is 21.6. The molecule has 164 valence electrons. The molecule has 0 aliphatic carbocycles.